The first kappa shape index (κ1) is 9.84. The number of aromatic amines is 1. The second kappa shape index (κ2) is 3.90. The summed E-state index contributed by atoms with van der Waals surface area (Å²) in [7, 11) is 0. The van der Waals surface area contributed by atoms with Crippen molar-refractivity contribution in [2.24, 2.45) is 5.92 Å². The number of hydrogen-bond acceptors (Lipinski definition) is 4. The van der Waals surface area contributed by atoms with Crippen LogP contribution in [0.25, 0.3) is 0 Å². The van der Waals surface area contributed by atoms with Crippen molar-refractivity contribution >= 4 is 5.82 Å². The molecule has 5 heteroatoms. The average Bonchev–Trinajstić information content (AvgIpc) is 3.09. The van der Waals surface area contributed by atoms with E-state index in [1.807, 2.05) is 0 Å². The molecule has 1 aromatic rings. The summed E-state index contributed by atoms with van der Waals surface area (Å²) < 4.78 is 0. The van der Waals surface area contributed by atoms with Crippen LogP contribution in [-0.4, -0.2) is 23.1 Å². The molecule has 5 nitrogen and oxygen atoms in total. The van der Waals surface area contributed by atoms with Crippen molar-refractivity contribution in [2.45, 2.75) is 25.8 Å². The second-order valence-electron chi connectivity index (χ2n) is 4.60. The van der Waals surface area contributed by atoms with Crippen molar-refractivity contribution < 1.29 is 0 Å². The molecule has 0 amide bonds. The molecule has 0 spiro atoms. The lowest BCUT2D eigenvalue weighted by molar-refractivity contribution is 0.620. The Morgan fingerprint density at radius 2 is 2.31 bits per heavy atom. The maximum absolute atomic E-state index is 11.4. The molecule has 1 fully saturated rings. The fraction of sp³-hybridized carbons (Fsp3) is 0.636. The number of fused-ring (bicyclic) bond motifs is 1. The summed E-state index contributed by atoms with van der Waals surface area (Å²) in [6, 6.07) is 0. The van der Waals surface area contributed by atoms with E-state index in [-0.39, 0.29) is 5.69 Å². The molecule has 0 unspecified atom stereocenters. The van der Waals surface area contributed by atoms with E-state index in [1.165, 1.54) is 18.4 Å². The van der Waals surface area contributed by atoms with Gasteiger partial charge in [0.15, 0.2) is 0 Å². The molecule has 0 atom stereocenters. The molecule has 2 heterocycles. The van der Waals surface area contributed by atoms with E-state index >= 15 is 0 Å². The third-order valence-corrected chi connectivity index (χ3v) is 3.23. The van der Waals surface area contributed by atoms with Crippen LogP contribution >= 0.6 is 0 Å². The van der Waals surface area contributed by atoms with Crippen LogP contribution in [0.2, 0.25) is 0 Å². The highest BCUT2D eigenvalue weighted by Crippen LogP contribution is 2.29. The molecule has 3 N–H and O–H groups in total. The van der Waals surface area contributed by atoms with Gasteiger partial charge in [-0.3, -0.25) is 0 Å². The largest absolute Gasteiger partial charge is 0.369 e. The van der Waals surface area contributed by atoms with E-state index in [0.29, 0.717) is 0 Å². The van der Waals surface area contributed by atoms with Crippen molar-refractivity contribution in [3.63, 3.8) is 0 Å². The van der Waals surface area contributed by atoms with Crippen molar-refractivity contribution in [3.8, 4) is 0 Å². The highest BCUT2D eigenvalue weighted by molar-refractivity contribution is 5.47. The molecule has 0 radical (unpaired) electrons. The Morgan fingerprint density at radius 1 is 1.44 bits per heavy atom. The summed E-state index contributed by atoms with van der Waals surface area (Å²) in [5.41, 5.74) is 1.92. The SMILES string of the molecule is O=c1nc(NCC2CC2)c2c([nH]1)CNCC2. The molecule has 3 rings (SSSR count). The van der Waals surface area contributed by atoms with Crippen LogP contribution in [0.5, 0.6) is 0 Å². The Morgan fingerprint density at radius 3 is 3.12 bits per heavy atom. The first-order valence-electron chi connectivity index (χ1n) is 5.89. The fourth-order valence-corrected chi connectivity index (χ4v) is 2.10. The number of aromatic nitrogens is 2. The highest BCUT2D eigenvalue weighted by atomic mass is 16.1. The van der Waals surface area contributed by atoms with Gasteiger partial charge in [0, 0.05) is 24.3 Å². The van der Waals surface area contributed by atoms with Crippen molar-refractivity contribution in [2.75, 3.05) is 18.4 Å². The van der Waals surface area contributed by atoms with Crippen LogP contribution in [0, 0.1) is 5.92 Å². The molecule has 1 aliphatic heterocycles. The third kappa shape index (κ3) is 1.95. The first-order valence-corrected chi connectivity index (χ1v) is 5.89. The summed E-state index contributed by atoms with van der Waals surface area (Å²) in [6.45, 7) is 2.65. The van der Waals surface area contributed by atoms with Gasteiger partial charge < -0.3 is 15.6 Å². The predicted molar refractivity (Wildman–Crippen MR) is 61.5 cm³/mol. The van der Waals surface area contributed by atoms with Gasteiger partial charge in [-0.1, -0.05) is 0 Å². The average molecular weight is 220 g/mol. The Hall–Kier alpha value is -1.36. The topological polar surface area (TPSA) is 69.8 Å². The molecule has 86 valence electrons. The normalized spacial score (nSPS) is 19.2. The molecule has 1 saturated carbocycles. The Balaban J connectivity index is 1.88. The molecule has 0 aromatic carbocycles. The number of H-pyrrole nitrogens is 1. The van der Waals surface area contributed by atoms with Crippen LogP contribution in [0.1, 0.15) is 24.1 Å². The minimum absolute atomic E-state index is 0.249. The van der Waals surface area contributed by atoms with E-state index in [2.05, 4.69) is 20.6 Å². The van der Waals surface area contributed by atoms with Gasteiger partial charge in [0.25, 0.3) is 0 Å². The number of rotatable bonds is 3. The van der Waals surface area contributed by atoms with Crippen molar-refractivity contribution in [3.05, 3.63) is 21.7 Å². The summed E-state index contributed by atoms with van der Waals surface area (Å²) in [5, 5.41) is 6.56. The van der Waals surface area contributed by atoms with Gasteiger partial charge in [-0.05, 0) is 31.7 Å². The monoisotopic (exact) mass is 220 g/mol. The van der Waals surface area contributed by atoms with E-state index < -0.39 is 0 Å². The van der Waals surface area contributed by atoms with E-state index in [9.17, 15) is 4.79 Å². The molecule has 16 heavy (non-hydrogen) atoms. The fourth-order valence-electron chi connectivity index (χ4n) is 2.10. The molecule has 0 saturated heterocycles. The van der Waals surface area contributed by atoms with E-state index in [4.69, 9.17) is 0 Å². The lowest BCUT2D eigenvalue weighted by atomic mass is 10.1. The van der Waals surface area contributed by atoms with Crippen LogP contribution in [0.4, 0.5) is 5.82 Å². The standard InChI is InChI=1S/C11H16N4O/c16-11-14-9-6-12-4-3-8(9)10(15-11)13-5-7-1-2-7/h7,12H,1-6H2,(H2,13,14,15,16). The van der Waals surface area contributed by atoms with Crippen LogP contribution in [0.15, 0.2) is 4.79 Å². The molecular formula is C11H16N4O. The lowest BCUT2D eigenvalue weighted by Gasteiger charge is -2.19. The summed E-state index contributed by atoms with van der Waals surface area (Å²) in [6.07, 6.45) is 3.55. The number of anilines is 1. The summed E-state index contributed by atoms with van der Waals surface area (Å²) >= 11 is 0. The lowest BCUT2D eigenvalue weighted by Crippen LogP contribution is -2.30. The third-order valence-electron chi connectivity index (χ3n) is 3.23. The van der Waals surface area contributed by atoms with Gasteiger partial charge in [0.1, 0.15) is 5.82 Å². The van der Waals surface area contributed by atoms with Gasteiger partial charge in [0.2, 0.25) is 0 Å². The van der Waals surface area contributed by atoms with Gasteiger partial charge in [-0.2, -0.15) is 4.98 Å². The molecule has 1 aliphatic carbocycles. The zero-order valence-corrected chi connectivity index (χ0v) is 9.18. The maximum Gasteiger partial charge on any atom is 0.347 e. The van der Waals surface area contributed by atoms with Crippen molar-refractivity contribution in [1.29, 1.82) is 0 Å². The Bertz CT molecular complexity index is 450. The van der Waals surface area contributed by atoms with Gasteiger partial charge in [0.05, 0.1) is 0 Å². The first-order chi connectivity index (χ1) is 7.83. The molecule has 0 bridgehead atoms. The van der Waals surface area contributed by atoms with Crippen molar-refractivity contribution in [1.82, 2.24) is 15.3 Å². The quantitative estimate of drug-likeness (QED) is 0.682. The zero-order valence-electron chi connectivity index (χ0n) is 9.18. The summed E-state index contributed by atoms with van der Waals surface area (Å²) in [4.78, 5) is 18.2. The minimum atomic E-state index is -0.249. The smallest absolute Gasteiger partial charge is 0.347 e. The minimum Gasteiger partial charge on any atom is -0.369 e. The van der Waals surface area contributed by atoms with E-state index in [1.54, 1.807) is 0 Å². The molecule has 1 aromatic heterocycles. The Kier molecular flexibility index (Phi) is 2.40. The van der Waals surface area contributed by atoms with Crippen LogP contribution in [0.3, 0.4) is 0 Å². The zero-order chi connectivity index (χ0) is 11.0. The number of nitrogens with zero attached hydrogens (tertiary/aromatic N) is 1. The maximum atomic E-state index is 11.4. The number of hydrogen-bond donors (Lipinski definition) is 3. The van der Waals surface area contributed by atoms with Gasteiger partial charge in [-0.15, -0.1) is 0 Å². The molecular weight excluding hydrogens is 204 g/mol. The Labute approximate surface area is 93.7 Å². The number of nitrogens with one attached hydrogen (secondary N) is 3. The predicted octanol–water partition coefficient (Wildman–Crippen LogP) is 0.237. The van der Waals surface area contributed by atoms with Gasteiger partial charge >= 0.3 is 5.69 Å². The van der Waals surface area contributed by atoms with Gasteiger partial charge in [-0.25, -0.2) is 4.79 Å². The van der Waals surface area contributed by atoms with Crippen LogP contribution in [-0.2, 0) is 13.0 Å². The van der Waals surface area contributed by atoms with E-state index in [0.717, 1.165) is 43.5 Å². The highest BCUT2D eigenvalue weighted by Gasteiger charge is 2.22. The second-order valence-corrected chi connectivity index (χ2v) is 4.60. The summed E-state index contributed by atoms with van der Waals surface area (Å²) in [5.74, 6) is 1.59. The molecule has 2 aliphatic rings. The van der Waals surface area contributed by atoms with Crippen LogP contribution < -0.4 is 16.3 Å².